The van der Waals surface area contributed by atoms with Crippen LogP contribution < -0.4 is 10.6 Å². The van der Waals surface area contributed by atoms with Gasteiger partial charge in [-0.3, -0.25) is 4.68 Å². The Labute approximate surface area is 115 Å². The molecule has 0 amide bonds. The number of nitrogen functional groups attached to an aromatic ring is 1. The van der Waals surface area contributed by atoms with Gasteiger partial charge in [0.2, 0.25) is 0 Å². The van der Waals surface area contributed by atoms with Gasteiger partial charge >= 0.3 is 0 Å². The maximum Gasteiger partial charge on any atom is 0.150 e. The first kappa shape index (κ1) is 14.2. The molecule has 3 N–H and O–H groups in total. The van der Waals surface area contributed by atoms with Crippen LogP contribution in [0.1, 0.15) is 51.1 Å². The van der Waals surface area contributed by atoms with Crippen molar-refractivity contribution in [2.24, 2.45) is 7.05 Å². The monoisotopic (exact) mass is 266 g/mol. The van der Waals surface area contributed by atoms with E-state index in [4.69, 9.17) is 5.73 Å². The largest absolute Gasteiger partial charge is 0.394 e. The highest BCUT2D eigenvalue weighted by molar-refractivity contribution is 5.67. The summed E-state index contributed by atoms with van der Waals surface area (Å²) >= 11 is 0. The molecule has 0 spiro atoms. The number of anilines is 2. The summed E-state index contributed by atoms with van der Waals surface area (Å²) in [4.78, 5) is 2.04. The third kappa shape index (κ3) is 2.71. The third-order valence-corrected chi connectivity index (χ3v) is 4.06. The first-order chi connectivity index (χ1) is 8.84. The molecule has 1 aliphatic carbocycles. The highest BCUT2D eigenvalue weighted by Gasteiger charge is 2.33. The van der Waals surface area contributed by atoms with E-state index in [0.29, 0.717) is 12.5 Å². The van der Waals surface area contributed by atoms with E-state index in [1.165, 1.54) is 0 Å². The molecule has 19 heavy (non-hydrogen) atoms. The van der Waals surface area contributed by atoms with E-state index in [-0.39, 0.29) is 0 Å². The van der Waals surface area contributed by atoms with Crippen molar-refractivity contribution in [3.05, 3.63) is 5.69 Å². The minimum atomic E-state index is -0.566. The van der Waals surface area contributed by atoms with E-state index < -0.39 is 5.60 Å². The van der Waals surface area contributed by atoms with Crippen molar-refractivity contribution in [3.63, 3.8) is 0 Å². The van der Waals surface area contributed by atoms with Crippen LogP contribution in [0.25, 0.3) is 0 Å². The van der Waals surface area contributed by atoms with E-state index in [9.17, 15) is 5.11 Å². The Balaban J connectivity index is 2.21. The van der Waals surface area contributed by atoms with Crippen LogP contribution >= 0.6 is 0 Å². The second-order valence-electron chi connectivity index (χ2n) is 6.19. The van der Waals surface area contributed by atoms with Gasteiger partial charge in [0.25, 0.3) is 0 Å². The molecule has 2 rings (SSSR count). The van der Waals surface area contributed by atoms with Gasteiger partial charge in [-0.25, -0.2) is 0 Å². The van der Waals surface area contributed by atoms with Crippen LogP contribution in [0.2, 0.25) is 0 Å². The number of hydrogen-bond acceptors (Lipinski definition) is 4. The van der Waals surface area contributed by atoms with Crippen LogP contribution in [0, 0.1) is 0 Å². The molecule has 1 fully saturated rings. The van der Waals surface area contributed by atoms with E-state index in [2.05, 4.69) is 18.9 Å². The summed E-state index contributed by atoms with van der Waals surface area (Å²) < 4.78 is 1.82. The van der Waals surface area contributed by atoms with Gasteiger partial charge in [-0.1, -0.05) is 26.7 Å². The molecule has 0 radical (unpaired) electrons. The Bertz CT molecular complexity index is 447. The molecule has 0 saturated heterocycles. The number of aryl methyl sites for hydroxylation is 1. The fourth-order valence-electron chi connectivity index (χ4n) is 3.14. The normalized spacial score (nSPS) is 18.2. The van der Waals surface area contributed by atoms with Crippen LogP contribution in [0.3, 0.4) is 0 Å². The first-order valence-corrected chi connectivity index (χ1v) is 7.10. The number of nitrogens with two attached hydrogens (primary N) is 1. The van der Waals surface area contributed by atoms with Crippen molar-refractivity contribution >= 4 is 11.5 Å². The lowest BCUT2D eigenvalue weighted by atomic mass is 10.0. The van der Waals surface area contributed by atoms with E-state index in [1.807, 2.05) is 23.7 Å². The van der Waals surface area contributed by atoms with Crippen molar-refractivity contribution < 1.29 is 5.11 Å². The number of aliphatic hydroxyl groups is 1. The average molecular weight is 266 g/mol. The fraction of sp³-hybridized carbons (Fsp3) is 0.786. The summed E-state index contributed by atoms with van der Waals surface area (Å²) in [5.41, 5.74) is 7.32. The lowest BCUT2D eigenvalue weighted by Crippen LogP contribution is -2.40. The van der Waals surface area contributed by atoms with Gasteiger partial charge in [0, 0.05) is 20.6 Å². The standard InChI is InChI=1S/C14H26N4O/c1-10(2)12-11(15)13(18(4)16-12)17(3)9-14(19)7-5-6-8-14/h10,19H,5-9,15H2,1-4H3. The Morgan fingerprint density at radius 1 is 1.42 bits per heavy atom. The predicted molar refractivity (Wildman–Crippen MR) is 78.4 cm³/mol. The molecule has 1 heterocycles. The van der Waals surface area contributed by atoms with Crippen LogP contribution in [0.4, 0.5) is 11.5 Å². The quantitative estimate of drug-likeness (QED) is 0.873. The predicted octanol–water partition coefficient (Wildman–Crippen LogP) is 1.87. The third-order valence-electron chi connectivity index (χ3n) is 4.06. The van der Waals surface area contributed by atoms with E-state index in [1.54, 1.807) is 0 Å². The van der Waals surface area contributed by atoms with Gasteiger partial charge in [0.15, 0.2) is 0 Å². The summed E-state index contributed by atoms with van der Waals surface area (Å²) in [5.74, 6) is 1.21. The Kier molecular flexibility index (Phi) is 3.76. The Hall–Kier alpha value is -1.23. The van der Waals surface area contributed by atoms with Crippen LogP contribution in [0.15, 0.2) is 0 Å². The molecule has 1 saturated carbocycles. The van der Waals surface area contributed by atoms with Gasteiger partial charge in [0.1, 0.15) is 5.82 Å². The second-order valence-corrected chi connectivity index (χ2v) is 6.19. The summed E-state index contributed by atoms with van der Waals surface area (Å²) in [6.45, 7) is 4.80. The lowest BCUT2D eigenvalue weighted by molar-refractivity contribution is 0.0557. The minimum Gasteiger partial charge on any atom is -0.394 e. The molecule has 0 bridgehead atoms. The minimum absolute atomic E-state index is 0.308. The molecule has 5 heteroatoms. The summed E-state index contributed by atoms with van der Waals surface area (Å²) in [7, 11) is 3.89. The van der Waals surface area contributed by atoms with Crippen molar-refractivity contribution in [2.75, 3.05) is 24.2 Å². The summed E-state index contributed by atoms with van der Waals surface area (Å²) in [6, 6.07) is 0. The van der Waals surface area contributed by atoms with Crippen molar-refractivity contribution in [1.29, 1.82) is 0 Å². The van der Waals surface area contributed by atoms with Crippen molar-refractivity contribution in [1.82, 2.24) is 9.78 Å². The second kappa shape index (κ2) is 5.04. The van der Waals surface area contributed by atoms with Gasteiger partial charge in [-0.2, -0.15) is 5.10 Å². The number of likely N-dealkylation sites (N-methyl/N-ethyl adjacent to an activating group) is 1. The Morgan fingerprint density at radius 3 is 2.47 bits per heavy atom. The molecule has 108 valence electrons. The Morgan fingerprint density at radius 2 is 2.00 bits per heavy atom. The smallest absolute Gasteiger partial charge is 0.150 e. The highest BCUT2D eigenvalue weighted by atomic mass is 16.3. The van der Waals surface area contributed by atoms with Crippen molar-refractivity contribution in [2.45, 2.75) is 51.0 Å². The lowest BCUT2D eigenvalue weighted by Gasteiger charge is -2.30. The fourth-order valence-corrected chi connectivity index (χ4v) is 3.14. The van der Waals surface area contributed by atoms with Crippen LogP contribution in [-0.2, 0) is 7.05 Å². The van der Waals surface area contributed by atoms with Crippen LogP contribution in [-0.4, -0.2) is 34.1 Å². The molecular formula is C14H26N4O. The number of aromatic nitrogens is 2. The average Bonchev–Trinajstić information content (AvgIpc) is 2.83. The maximum absolute atomic E-state index is 10.5. The highest BCUT2D eigenvalue weighted by Crippen LogP contribution is 2.34. The van der Waals surface area contributed by atoms with Crippen LogP contribution in [0.5, 0.6) is 0 Å². The number of nitrogens with zero attached hydrogens (tertiary/aromatic N) is 3. The molecule has 5 nitrogen and oxygen atoms in total. The van der Waals surface area contributed by atoms with E-state index >= 15 is 0 Å². The van der Waals surface area contributed by atoms with Gasteiger partial charge < -0.3 is 15.7 Å². The van der Waals surface area contributed by atoms with Gasteiger partial charge in [-0.05, 0) is 18.8 Å². The number of rotatable bonds is 4. The molecule has 1 aromatic heterocycles. The first-order valence-electron chi connectivity index (χ1n) is 7.10. The molecule has 0 aromatic carbocycles. The van der Waals surface area contributed by atoms with Gasteiger partial charge in [-0.15, -0.1) is 0 Å². The zero-order valence-electron chi connectivity index (χ0n) is 12.5. The SMILES string of the molecule is CC(C)c1nn(C)c(N(C)CC2(O)CCCC2)c1N. The van der Waals surface area contributed by atoms with Gasteiger partial charge in [0.05, 0.1) is 17.0 Å². The number of hydrogen-bond donors (Lipinski definition) is 2. The molecule has 1 aliphatic rings. The molecular weight excluding hydrogens is 240 g/mol. The zero-order chi connectivity index (χ0) is 14.2. The maximum atomic E-state index is 10.5. The summed E-state index contributed by atoms with van der Waals surface area (Å²) in [5, 5.41) is 15.0. The summed E-state index contributed by atoms with van der Waals surface area (Å²) in [6.07, 6.45) is 3.99. The zero-order valence-corrected chi connectivity index (χ0v) is 12.5. The topological polar surface area (TPSA) is 67.3 Å². The van der Waals surface area contributed by atoms with Crippen molar-refractivity contribution in [3.8, 4) is 0 Å². The van der Waals surface area contributed by atoms with E-state index in [0.717, 1.165) is 42.9 Å². The molecule has 1 aromatic rings. The molecule has 0 atom stereocenters. The molecule has 0 unspecified atom stereocenters. The molecule has 0 aliphatic heterocycles.